The van der Waals surface area contributed by atoms with Crippen LogP contribution in [0.2, 0.25) is 0 Å². The molecule has 1 aromatic carbocycles. The minimum absolute atomic E-state index is 0.000564. The molecule has 1 aliphatic rings. The van der Waals surface area contributed by atoms with E-state index >= 15 is 0 Å². The summed E-state index contributed by atoms with van der Waals surface area (Å²) >= 11 is 0. The first kappa shape index (κ1) is 13.9. The average Bonchev–Trinajstić information content (AvgIpc) is 2.43. The van der Waals surface area contributed by atoms with Gasteiger partial charge in [0.2, 0.25) is 0 Å². The third-order valence-corrected chi connectivity index (χ3v) is 4.18. The Morgan fingerprint density at radius 1 is 1.32 bits per heavy atom. The van der Waals surface area contributed by atoms with Crippen LogP contribution in [0.5, 0.6) is 0 Å². The summed E-state index contributed by atoms with van der Waals surface area (Å²) in [4.78, 5) is 12.1. The summed E-state index contributed by atoms with van der Waals surface area (Å²) in [5.41, 5.74) is 8.08. The lowest BCUT2D eigenvalue weighted by Crippen LogP contribution is -2.27. The topological polar surface area (TPSA) is 55.1 Å². The number of carbonyl (C=O) groups excluding carboxylic acids is 1. The van der Waals surface area contributed by atoms with E-state index in [1.165, 1.54) is 32.1 Å². The highest BCUT2D eigenvalue weighted by Crippen LogP contribution is 2.25. The molecule has 0 spiro atoms. The van der Waals surface area contributed by atoms with E-state index in [4.69, 9.17) is 5.73 Å². The molecule has 1 aliphatic carbocycles. The van der Waals surface area contributed by atoms with Crippen LogP contribution >= 0.6 is 0 Å². The van der Waals surface area contributed by atoms with Crippen LogP contribution in [0.3, 0.4) is 0 Å². The number of hydrogen-bond donors (Lipinski definition) is 2. The number of benzene rings is 1. The van der Waals surface area contributed by atoms with Crippen molar-refractivity contribution in [3.8, 4) is 0 Å². The molecule has 3 nitrogen and oxygen atoms in total. The molecule has 0 aliphatic heterocycles. The van der Waals surface area contributed by atoms with Crippen molar-refractivity contribution in [1.82, 2.24) is 5.32 Å². The van der Waals surface area contributed by atoms with Crippen molar-refractivity contribution in [3.05, 3.63) is 29.3 Å². The van der Waals surface area contributed by atoms with Gasteiger partial charge in [-0.05, 0) is 37.0 Å². The first-order chi connectivity index (χ1) is 9.18. The van der Waals surface area contributed by atoms with E-state index < -0.39 is 0 Å². The van der Waals surface area contributed by atoms with E-state index in [1.54, 1.807) is 0 Å². The molecule has 0 heterocycles. The highest BCUT2D eigenvalue weighted by molar-refractivity contribution is 5.96. The second-order valence-electron chi connectivity index (χ2n) is 5.57. The van der Waals surface area contributed by atoms with Crippen LogP contribution in [0, 0.1) is 12.8 Å². The predicted molar refractivity (Wildman–Crippen MR) is 79.1 cm³/mol. The van der Waals surface area contributed by atoms with Crippen molar-refractivity contribution >= 4 is 11.6 Å². The Hall–Kier alpha value is -1.51. The molecule has 3 heteroatoms. The molecule has 1 fully saturated rings. The maximum Gasteiger partial charge on any atom is 0.251 e. The summed E-state index contributed by atoms with van der Waals surface area (Å²) < 4.78 is 0. The van der Waals surface area contributed by atoms with Crippen LogP contribution in [0.4, 0.5) is 5.69 Å². The van der Waals surface area contributed by atoms with Gasteiger partial charge < -0.3 is 11.1 Å². The Bertz CT molecular complexity index is 436. The number of amides is 1. The molecule has 2 rings (SSSR count). The van der Waals surface area contributed by atoms with Crippen molar-refractivity contribution in [2.45, 2.75) is 45.4 Å². The van der Waals surface area contributed by atoms with Crippen LogP contribution in [0.1, 0.15) is 54.4 Å². The number of nitrogens with one attached hydrogen (secondary N) is 1. The zero-order chi connectivity index (χ0) is 13.7. The molecule has 0 unspecified atom stereocenters. The van der Waals surface area contributed by atoms with Gasteiger partial charge >= 0.3 is 0 Å². The predicted octanol–water partition coefficient (Wildman–Crippen LogP) is 3.28. The van der Waals surface area contributed by atoms with Crippen molar-refractivity contribution in [2.75, 3.05) is 12.3 Å². The molecule has 0 radical (unpaired) electrons. The lowest BCUT2D eigenvalue weighted by molar-refractivity contribution is 0.0950. The van der Waals surface area contributed by atoms with Gasteiger partial charge in [0.1, 0.15) is 0 Å². The highest BCUT2D eigenvalue weighted by Gasteiger charge is 2.14. The number of rotatable bonds is 4. The number of anilines is 1. The van der Waals surface area contributed by atoms with Gasteiger partial charge in [-0.15, -0.1) is 0 Å². The summed E-state index contributed by atoms with van der Waals surface area (Å²) in [6.07, 6.45) is 7.85. The molecule has 0 aromatic heterocycles. The van der Waals surface area contributed by atoms with Gasteiger partial charge in [0.05, 0.1) is 0 Å². The summed E-state index contributed by atoms with van der Waals surface area (Å²) in [7, 11) is 0. The molecule has 0 bridgehead atoms. The second-order valence-corrected chi connectivity index (χ2v) is 5.57. The standard InChI is InChI=1S/C16H24N2O/c1-12-14(8-5-9-15(12)17)16(19)18-11-10-13-6-3-2-4-7-13/h5,8-9,13H,2-4,6-7,10-11,17H2,1H3,(H,18,19). The van der Waals surface area contributed by atoms with E-state index in [2.05, 4.69) is 5.32 Å². The number of hydrogen-bond acceptors (Lipinski definition) is 2. The Labute approximate surface area is 115 Å². The van der Waals surface area contributed by atoms with E-state index in [9.17, 15) is 4.79 Å². The third kappa shape index (κ3) is 3.72. The lowest BCUT2D eigenvalue weighted by atomic mass is 9.87. The molecule has 104 valence electrons. The van der Waals surface area contributed by atoms with Crippen molar-refractivity contribution < 1.29 is 4.79 Å². The van der Waals surface area contributed by atoms with Crippen molar-refractivity contribution in [1.29, 1.82) is 0 Å². The SMILES string of the molecule is Cc1c(N)cccc1C(=O)NCCC1CCCCC1. The molecule has 0 atom stereocenters. The van der Waals surface area contributed by atoms with Crippen molar-refractivity contribution in [2.24, 2.45) is 5.92 Å². The Morgan fingerprint density at radius 3 is 2.79 bits per heavy atom. The monoisotopic (exact) mass is 260 g/mol. The minimum Gasteiger partial charge on any atom is -0.398 e. The fourth-order valence-electron chi connectivity index (χ4n) is 2.86. The molecule has 1 amide bonds. The van der Waals surface area contributed by atoms with Gasteiger partial charge in [-0.2, -0.15) is 0 Å². The molecule has 3 N–H and O–H groups in total. The normalized spacial score (nSPS) is 16.3. The number of nitrogens with two attached hydrogens (primary N) is 1. The Balaban J connectivity index is 1.82. The molecule has 19 heavy (non-hydrogen) atoms. The van der Waals surface area contributed by atoms with Crippen LogP contribution in [0.25, 0.3) is 0 Å². The molecule has 0 saturated heterocycles. The van der Waals surface area contributed by atoms with E-state index in [1.807, 2.05) is 25.1 Å². The molecule has 1 saturated carbocycles. The highest BCUT2D eigenvalue weighted by atomic mass is 16.1. The van der Waals surface area contributed by atoms with Crippen LogP contribution in [-0.2, 0) is 0 Å². The first-order valence-electron chi connectivity index (χ1n) is 7.32. The van der Waals surface area contributed by atoms with Gasteiger partial charge in [0.15, 0.2) is 0 Å². The molecule has 1 aromatic rings. The summed E-state index contributed by atoms with van der Waals surface area (Å²) in [6.45, 7) is 2.67. The van der Waals surface area contributed by atoms with Gasteiger partial charge in [-0.3, -0.25) is 4.79 Å². The maximum atomic E-state index is 12.1. The summed E-state index contributed by atoms with van der Waals surface area (Å²) in [5, 5.41) is 3.02. The molecular formula is C16H24N2O. The van der Waals surface area contributed by atoms with Crippen LogP contribution < -0.4 is 11.1 Å². The van der Waals surface area contributed by atoms with Gasteiger partial charge in [-0.25, -0.2) is 0 Å². The smallest absolute Gasteiger partial charge is 0.251 e. The number of carbonyl (C=O) groups is 1. The van der Waals surface area contributed by atoms with E-state index in [0.29, 0.717) is 11.3 Å². The largest absolute Gasteiger partial charge is 0.398 e. The quantitative estimate of drug-likeness (QED) is 0.816. The van der Waals surface area contributed by atoms with E-state index in [-0.39, 0.29) is 5.91 Å². The fraction of sp³-hybridized carbons (Fsp3) is 0.562. The van der Waals surface area contributed by atoms with Gasteiger partial charge in [-0.1, -0.05) is 38.2 Å². The average molecular weight is 260 g/mol. The maximum absolute atomic E-state index is 12.1. The third-order valence-electron chi connectivity index (χ3n) is 4.18. The minimum atomic E-state index is 0.000564. The van der Waals surface area contributed by atoms with Crippen LogP contribution in [-0.4, -0.2) is 12.5 Å². The fourth-order valence-corrected chi connectivity index (χ4v) is 2.86. The first-order valence-corrected chi connectivity index (χ1v) is 7.32. The van der Waals surface area contributed by atoms with Gasteiger partial charge in [0, 0.05) is 17.8 Å². The van der Waals surface area contributed by atoms with E-state index in [0.717, 1.165) is 24.4 Å². The van der Waals surface area contributed by atoms with Gasteiger partial charge in [0.25, 0.3) is 5.91 Å². The lowest BCUT2D eigenvalue weighted by Gasteiger charge is -2.21. The zero-order valence-electron chi connectivity index (χ0n) is 11.7. The number of nitrogen functional groups attached to an aromatic ring is 1. The summed E-state index contributed by atoms with van der Waals surface area (Å²) in [6, 6.07) is 5.49. The Kier molecular flexibility index (Phi) is 4.83. The van der Waals surface area contributed by atoms with Crippen molar-refractivity contribution in [3.63, 3.8) is 0 Å². The second kappa shape index (κ2) is 6.60. The van der Waals surface area contributed by atoms with Crippen LogP contribution in [0.15, 0.2) is 18.2 Å². The molecular weight excluding hydrogens is 236 g/mol. The zero-order valence-corrected chi connectivity index (χ0v) is 11.7. The Morgan fingerprint density at radius 2 is 2.05 bits per heavy atom. The summed E-state index contributed by atoms with van der Waals surface area (Å²) in [5.74, 6) is 0.802.